The molecule has 0 saturated heterocycles. The van der Waals surface area contributed by atoms with Gasteiger partial charge >= 0.3 is 0 Å². The number of furan rings is 1. The molecule has 0 N–H and O–H groups in total. The highest BCUT2D eigenvalue weighted by Crippen LogP contribution is 2.17. The van der Waals surface area contributed by atoms with Gasteiger partial charge in [0, 0.05) is 20.3 Å². The molecule has 3 rings (SSSR count). The number of aryl methyl sites for hydroxylation is 2. The van der Waals surface area contributed by atoms with Gasteiger partial charge in [0.25, 0.3) is 5.91 Å². The van der Waals surface area contributed by atoms with E-state index in [0.29, 0.717) is 18.1 Å². The number of nitrogens with zero attached hydrogens (tertiary/aromatic N) is 3. The minimum Gasteiger partial charge on any atom is -0.486 e. The summed E-state index contributed by atoms with van der Waals surface area (Å²) in [5.41, 5.74) is 2.09. The number of carbonyl (C=O) groups is 1. The van der Waals surface area contributed by atoms with Crippen molar-refractivity contribution in [2.75, 3.05) is 7.05 Å². The summed E-state index contributed by atoms with van der Waals surface area (Å²) in [5, 5.41) is 4.28. The van der Waals surface area contributed by atoms with Crippen LogP contribution in [0.15, 0.2) is 53.1 Å². The maximum atomic E-state index is 12.5. The van der Waals surface area contributed by atoms with Crippen LogP contribution in [-0.4, -0.2) is 27.6 Å². The number of aromatic nitrogens is 2. The molecule has 0 fully saturated rings. The van der Waals surface area contributed by atoms with Crippen molar-refractivity contribution in [2.24, 2.45) is 7.05 Å². The Morgan fingerprint density at radius 2 is 1.96 bits per heavy atom. The first kappa shape index (κ1) is 17.8. The lowest BCUT2D eigenvalue weighted by Gasteiger charge is -2.14. The van der Waals surface area contributed by atoms with Gasteiger partial charge < -0.3 is 14.1 Å². The van der Waals surface area contributed by atoms with Gasteiger partial charge in [0.1, 0.15) is 18.1 Å². The van der Waals surface area contributed by atoms with Gasteiger partial charge in [-0.25, -0.2) is 0 Å². The molecule has 0 saturated carbocycles. The number of benzene rings is 1. The van der Waals surface area contributed by atoms with Crippen molar-refractivity contribution in [2.45, 2.75) is 26.5 Å². The molecule has 0 aliphatic carbocycles. The quantitative estimate of drug-likeness (QED) is 0.653. The number of hydrogen-bond donors (Lipinski definition) is 0. The summed E-state index contributed by atoms with van der Waals surface area (Å²) >= 11 is 0. The molecule has 0 aliphatic heterocycles. The molecule has 136 valence electrons. The summed E-state index contributed by atoms with van der Waals surface area (Å²) in [6, 6.07) is 13.3. The number of amides is 1. The van der Waals surface area contributed by atoms with E-state index in [1.807, 2.05) is 43.6 Å². The fraction of sp³-hybridized carbons (Fsp3) is 0.300. The molecule has 0 bridgehead atoms. The van der Waals surface area contributed by atoms with Crippen LogP contribution in [0, 0.1) is 0 Å². The van der Waals surface area contributed by atoms with Crippen LogP contribution >= 0.6 is 0 Å². The Hall–Kier alpha value is -3.02. The van der Waals surface area contributed by atoms with Gasteiger partial charge in [0.05, 0.1) is 12.2 Å². The Morgan fingerprint density at radius 3 is 2.62 bits per heavy atom. The van der Waals surface area contributed by atoms with Crippen LogP contribution in [-0.2, 0) is 26.6 Å². The molecule has 6 heteroatoms. The fourth-order valence-electron chi connectivity index (χ4n) is 2.60. The third-order valence-corrected chi connectivity index (χ3v) is 4.10. The van der Waals surface area contributed by atoms with Gasteiger partial charge in [-0.3, -0.25) is 9.48 Å². The van der Waals surface area contributed by atoms with Crippen LogP contribution < -0.4 is 4.74 Å². The third-order valence-electron chi connectivity index (χ3n) is 4.10. The van der Waals surface area contributed by atoms with E-state index in [0.717, 1.165) is 17.9 Å². The first-order valence-electron chi connectivity index (χ1n) is 8.59. The van der Waals surface area contributed by atoms with E-state index in [-0.39, 0.29) is 12.5 Å². The molecule has 2 aromatic heterocycles. The maximum absolute atomic E-state index is 12.5. The SMILES string of the molecule is CCc1ccc(OCc2ccc(C(=O)N(C)Cc3ccn(C)n3)o2)cc1. The van der Waals surface area contributed by atoms with Gasteiger partial charge in [-0.1, -0.05) is 19.1 Å². The number of carbonyl (C=O) groups excluding carboxylic acids is 1. The monoisotopic (exact) mass is 353 g/mol. The number of ether oxygens (including phenoxy) is 1. The summed E-state index contributed by atoms with van der Waals surface area (Å²) in [4.78, 5) is 14.0. The average Bonchev–Trinajstić information content (AvgIpc) is 3.28. The summed E-state index contributed by atoms with van der Waals surface area (Å²) in [6.45, 7) is 2.82. The van der Waals surface area contributed by atoms with Gasteiger partial charge in [0.15, 0.2) is 5.76 Å². The lowest BCUT2D eigenvalue weighted by molar-refractivity contribution is 0.0747. The molecular formula is C20H23N3O3. The lowest BCUT2D eigenvalue weighted by atomic mass is 10.2. The fourth-order valence-corrected chi connectivity index (χ4v) is 2.60. The third kappa shape index (κ3) is 4.33. The summed E-state index contributed by atoms with van der Waals surface area (Å²) in [5.74, 6) is 1.50. The molecule has 0 atom stereocenters. The predicted molar refractivity (Wildman–Crippen MR) is 97.9 cm³/mol. The highest BCUT2D eigenvalue weighted by atomic mass is 16.5. The van der Waals surface area contributed by atoms with Crippen molar-refractivity contribution >= 4 is 5.91 Å². The zero-order valence-electron chi connectivity index (χ0n) is 15.3. The Labute approximate surface area is 153 Å². The van der Waals surface area contributed by atoms with Crippen LogP contribution in [0.4, 0.5) is 0 Å². The van der Waals surface area contributed by atoms with Gasteiger partial charge in [-0.05, 0) is 42.3 Å². The van der Waals surface area contributed by atoms with E-state index in [1.54, 1.807) is 28.8 Å². The molecule has 0 unspecified atom stereocenters. The lowest BCUT2D eigenvalue weighted by Crippen LogP contribution is -2.26. The Kier molecular flexibility index (Phi) is 5.41. The van der Waals surface area contributed by atoms with Gasteiger partial charge in [-0.2, -0.15) is 5.10 Å². The van der Waals surface area contributed by atoms with Crippen LogP contribution in [0.3, 0.4) is 0 Å². The van der Waals surface area contributed by atoms with Crippen molar-refractivity contribution in [1.82, 2.24) is 14.7 Å². The minimum atomic E-state index is -0.186. The van der Waals surface area contributed by atoms with E-state index < -0.39 is 0 Å². The van der Waals surface area contributed by atoms with Crippen LogP contribution in [0.25, 0.3) is 0 Å². The molecule has 0 spiro atoms. The van der Waals surface area contributed by atoms with E-state index in [2.05, 4.69) is 12.0 Å². The Bertz CT molecular complexity index is 865. The van der Waals surface area contributed by atoms with Crippen molar-refractivity contribution in [3.05, 3.63) is 71.4 Å². The summed E-state index contributed by atoms with van der Waals surface area (Å²) < 4.78 is 13.1. The molecular weight excluding hydrogens is 330 g/mol. The van der Waals surface area contributed by atoms with Crippen LogP contribution in [0.5, 0.6) is 5.75 Å². The predicted octanol–water partition coefficient (Wildman–Crippen LogP) is 3.43. The second-order valence-electron chi connectivity index (χ2n) is 6.19. The Balaban J connectivity index is 1.56. The largest absolute Gasteiger partial charge is 0.486 e. The molecule has 6 nitrogen and oxygen atoms in total. The summed E-state index contributed by atoms with van der Waals surface area (Å²) in [6.07, 6.45) is 2.85. The van der Waals surface area contributed by atoms with Crippen LogP contribution in [0.1, 0.15) is 34.5 Å². The van der Waals surface area contributed by atoms with E-state index in [4.69, 9.17) is 9.15 Å². The van der Waals surface area contributed by atoms with Crippen molar-refractivity contribution in [3.63, 3.8) is 0 Å². The van der Waals surface area contributed by atoms with Crippen molar-refractivity contribution in [1.29, 1.82) is 0 Å². The first-order valence-corrected chi connectivity index (χ1v) is 8.59. The second kappa shape index (κ2) is 7.91. The van der Waals surface area contributed by atoms with E-state index >= 15 is 0 Å². The molecule has 0 aliphatic rings. The van der Waals surface area contributed by atoms with E-state index in [9.17, 15) is 4.79 Å². The second-order valence-corrected chi connectivity index (χ2v) is 6.19. The Morgan fingerprint density at radius 1 is 1.19 bits per heavy atom. The van der Waals surface area contributed by atoms with Gasteiger partial charge in [0.2, 0.25) is 0 Å². The van der Waals surface area contributed by atoms with E-state index in [1.165, 1.54) is 5.56 Å². The van der Waals surface area contributed by atoms with Crippen molar-refractivity contribution < 1.29 is 13.9 Å². The molecule has 1 aromatic carbocycles. The maximum Gasteiger partial charge on any atom is 0.289 e. The molecule has 1 amide bonds. The summed E-state index contributed by atoms with van der Waals surface area (Å²) in [7, 11) is 3.57. The number of rotatable bonds is 7. The van der Waals surface area contributed by atoms with Gasteiger partial charge in [-0.15, -0.1) is 0 Å². The standard InChI is InChI=1S/C20H23N3O3/c1-4-15-5-7-17(8-6-15)25-14-18-9-10-19(26-18)20(24)22(2)13-16-11-12-23(3)21-16/h5-12H,4,13-14H2,1-3H3. The normalized spacial score (nSPS) is 10.7. The topological polar surface area (TPSA) is 60.5 Å². The minimum absolute atomic E-state index is 0.186. The van der Waals surface area contributed by atoms with Crippen LogP contribution in [0.2, 0.25) is 0 Å². The molecule has 26 heavy (non-hydrogen) atoms. The molecule has 0 radical (unpaired) electrons. The smallest absolute Gasteiger partial charge is 0.289 e. The van der Waals surface area contributed by atoms with Crippen molar-refractivity contribution in [3.8, 4) is 5.75 Å². The first-order chi connectivity index (χ1) is 12.5. The molecule has 3 aromatic rings. The average molecular weight is 353 g/mol. The zero-order chi connectivity index (χ0) is 18.5. The molecule has 2 heterocycles. The zero-order valence-corrected chi connectivity index (χ0v) is 15.3. The highest BCUT2D eigenvalue weighted by Gasteiger charge is 2.17. The number of hydrogen-bond acceptors (Lipinski definition) is 4. The highest BCUT2D eigenvalue weighted by molar-refractivity contribution is 5.91.